The number of aromatic nitrogens is 3. The molecule has 25 heavy (non-hydrogen) atoms. The van der Waals surface area contributed by atoms with E-state index in [1.165, 1.54) is 11.8 Å². The number of nitrogens with zero attached hydrogens (tertiary/aromatic N) is 3. The fraction of sp³-hybridized carbons (Fsp3) is 0.412. The molecule has 0 radical (unpaired) electrons. The van der Waals surface area contributed by atoms with Crippen molar-refractivity contribution < 1.29 is 9.59 Å². The van der Waals surface area contributed by atoms with Crippen LogP contribution >= 0.6 is 11.8 Å². The fourth-order valence-corrected chi connectivity index (χ4v) is 3.10. The van der Waals surface area contributed by atoms with Gasteiger partial charge in [0, 0.05) is 18.2 Å². The summed E-state index contributed by atoms with van der Waals surface area (Å²) < 4.78 is 1.97. The van der Waals surface area contributed by atoms with E-state index in [1.807, 2.05) is 56.5 Å². The molecular formula is C17H23N5O2S. The molecule has 8 heteroatoms. The summed E-state index contributed by atoms with van der Waals surface area (Å²) in [5.74, 6) is 0.504. The molecule has 0 spiro atoms. The number of carbonyl (C=O) groups is 2. The Morgan fingerprint density at radius 2 is 1.96 bits per heavy atom. The highest BCUT2D eigenvalue weighted by atomic mass is 32.2. The SMILES string of the molecule is CCn1c(SCC(=O)NC(=O)NC(C)C)nnc1-c1ccccc1C. The Kier molecular flexibility index (Phi) is 6.58. The highest BCUT2D eigenvalue weighted by Crippen LogP contribution is 2.25. The molecule has 7 nitrogen and oxygen atoms in total. The van der Waals surface area contributed by atoms with Gasteiger partial charge in [-0.3, -0.25) is 10.1 Å². The minimum atomic E-state index is -0.488. The van der Waals surface area contributed by atoms with E-state index in [1.54, 1.807) is 0 Å². The molecule has 1 aromatic carbocycles. The molecule has 2 rings (SSSR count). The smallest absolute Gasteiger partial charge is 0.321 e. The molecule has 0 aliphatic carbocycles. The molecular weight excluding hydrogens is 338 g/mol. The van der Waals surface area contributed by atoms with Gasteiger partial charge in [0.15, 0.2) is 11.0 Å². The number of carbonyl (C=O) groups excluding carboxylic acids is 2. The van der Waals surface area contributed by atoms with E-state index in [0.717, 1.165) is 17.0 Å². The van der Waals surface area contributed by atoms with E-state index in [4.69, 9.17) is 0 Å². The maximum Gasteiger partial charge on any atom is 0.321 e. The zero-order valence-corrected chi connectivity index (χ0v) is 15.7. The number of aryl methyl sites for hydroxylation is 1. The van der Waals surface area contributed by atoms with Crippen LogP contribution < -0.4 is 10.6 Å². The molecule has 2 aromatic rings. The Labute approximate surface area is 151 Å². The first kappa shape index (κ1) is 19.0. The van der Waals surface area contributed by atoms with Crippen LogP contribution in [0.25, 0.3) is 11.4 Å². The Hall–Kier alpha value is -2.35. The van der Waals surface area contributed by atoms with Crippen molar-refractivity contribution >= 4 is 23.7 Å². The molecule has 0 fully saturated rings. The van der Waals surface area contributed by atoms with Crippen LogP contribution in [0.3, 0.4) is 0 Å². The van der Waals surface area contributed by atoms with Crippen molar-refractivity contribution in [2.75, 3.05) is 5.75 Å². The molecule has 0 unspecified atom stereocenters. The summed E-state index contributed by atoms with van der Waals surface area (Å²) in [6, 6.07) is 7.46. The van der Waals surface area contributed by atoms with Crippen LogP contribution in [0, 0.1) is 6.92 Å². The highest BCUT2D eigenvalue weighted by Gasteiger charge is 2.16. The maximum absolute atomic E-state index is 11.9. The summed E-state index contributed by atoms with van der Waals surface area (Å²) in [4.78, 5) is 23.4. The first-order valence-electron chi connectivity index (χ1n) is 8.14. The molecule has 0 aliphatic heterocycles. The Morgan fingerprint density at radius 1 is 1.24 bits per heavy atom. The Morgan fingerprint density at radius 3 is 2.60 bits per heavy atom. The van der Waals surface area contributed by atoms with Crippen LogP contribution in [-0.4, -0.2) is 38.5 Å². The van der Waals surface area contributed by atoms with Crippen molar-refractivity contribution in [3.8, 4) is 11.4 Å². The predicted octanol–water partition coefficient (Wildman–Crippen LogP) is 2.60. The van der Waals surface area contributed by atoms with Crippen LogP contribution in [0.1, 0.15) is 26.3 Å². The zero-order valence-electron chi connectivity index (χ0n) is 14.9. The lowest BCUT2D eigenvalue weighted by Crippen LogP contribution is -2.43. The summed E-state index contributed by atoms with van der Waals surface area (Å²) in [5.41, 5.74) is 2.13. The molecule has 0 bridgehead atoms. The number of rotatable bonds is 6. The van der Waals surface area contributed by atoms with Crippen molar-refractivity contribution in [2.24, 2.45) is 0 Å². The van der Waals surface area contributed by atoms with Crippen LogP contribution in [-0.2, 0) is 11.3 Å². The lowest BCUT2D eigenvalue weighted by atomic mass is 10.1. The van der Waals surface area contributed by atoms with Crippen molar-refractivity contribution in [3.05, 3.63) is 29.8 Å². The van der Waals surface area contributed by atoms with Gasteiger partial charge in [0.25, 0.3) is 0 Å². The topological polar surface area (TPSA) is 88.9 Å². The van der Waals surface area contributed by atoms with Crippen LogP contribution in [0.4, 0.5) is 4.79 Å². The number of hydrogen-bond acceptors (Lipinski definition) is 5. The van der Waals surface area contributed by atoms with Gasteiger partial charge in [-0.1, -0.05) is 36.0 Å². The lowest BCUT2D eigenvalue weighted by Gasteiger charge is -2.10. The average molecular weight is 361 g/mol. The van der Waals surface area contributed by atoms with Crippen molar-refractivity contribution in [3.63, 3.8) is 0 Å². The third-order valence-electron chi connectivity index (χ3n) is 3.42. The summed E-state index contributed by atoms with van der Waals surface area (Å²) in [6.07, 6.45) is 0. The third-order valence-corrected chi connectivity index (χ3v) is 4.39. The van der Waals surface area contributed by atoms with E-state index >= 15 is 0 Å². The van der Waals surface area contributed by atoms with Gasteiger partial charge in [-0.2, -0.15) is 0 Å². The van der Waals surface area contributed by atoms with E-state index < -0.39 is 6.03 Å². The number of thioether (sulfide) groups is 1. The minimum Gasteiger partial charge on any atom is -0.336 e. The molecule has 1 aromatic heterocycles. The van der Waals surface area contributed by atoms with Crippen LogP contribution in [0.5, 0.6) is 0 Å². The summed E-state index contributed by atoms with van der Waals surface area (Å²) in [5, 5.41) is 14.0. The second kappa shape index (κ2) is 8.66. The zero-order chi connectivity index (χ0) is 18.4. The van der Waals surface area contributed by atoms with E-state index in [0.29, 0.717) is 11.7 Å². The largest absolute Gasteiger partial charge is 0.336 e. The van der Waals surface area contributed by atoms with Crippen LogP contribution in [0.15, 0.2) is 29.4 Å². The van der Waals surface area contributed by atoms with Gasteiger partial charge in [-0.05, 0) is 33.3 Å². The predicted molar refractivity (Wildman–Crippen MR) is 98.4 cm³/mol. The first-order chi connectivity index (χ1) is 11.9. The normalized spacial score (nSPS) is 10.8. The third kappa shape index (κ3) is 5.06. The highest BCUT2D eigenvalue weighted by molar-refractivity contribution is 7.99. The Balaban J connectivity index is 2.05. The quantitative estimate of drug-likeness (QED) is 0.772. The van der Waals surface area contributed by atoms with E-state index in [9.17, 15) is 9.59 Å². The number of nitrogens with one attached hydrogen (secondary N) is 2. The summed E-state index contributed by atoms with van der Waals surface area (Å²) >= 11 is 1.26. The standard InChI is InChI=1S/C17H23N5O2S/c1-5-22-15(13-9-7-6-8-12(13)4)20-21-17(22)25-10-14(23)19-16(24)18-11(2)3/h6-9,11H,5,10H2,1-4H3,(H2,18,19,23,24). The molecule has 1 heterocycles. The van der Waals surface area contributed by atoms with Gasteiger partial charge < -0.3 is 9.88 Å². The van der Waals surface area contributed by atoms with Gasteiger partial charge in [0.2, 0.25) is 5.91 Å². The number of hydrogen-bond donors (Lipinski definition) is 2. The van der Waals surface area contributed by atoms with Crippen molar-refractivity contribution in [1.29, 1.82) is 0 Å². The summed E-state index contributed by atoms with van der Waals surface area (Å²) in [7, 11) is 0. The molecule has 2 N–H and O–H groups in total. The van der Waals surface area contributed by atoms with Crippen molar-refractivity contribution in [2.45, 2.75) is 45.4 Å². The van der Waals surface area contributed by atoms with Crippen molar-refractivity contribution in [1.82, 2.24) is 25.4 Å². The summed E-state index contributed by atoms with van der Waals surface area (Å²) in [6.45, 7) is 8.38. The molecule has 0 saturated heterocycles. The fourth-order valence-electron chi connectivity index (χ4n) is 2.29. The first-order valence-corrected chi connectivity index (χ1v) is 9.13. The molecule has 0 aliphatic rings. The van der Waals surface area contributed by atoms with Gasteiger partial charge in [0.1, 0.15) is 0 Å². The van der Waals surface area contributed by atoms with E-state index in [-0.39, 0.29) is 17.7 Å². The van der Waals surface area contributed by atoms with Gasteiger partial charge in [0.05, 0.1) is 5.75 Å². The number of amides is 3. The molecule has 0 atom stereocenters. The van der Waals surface area contributed by atoms with Gasteiger partial charge in [-0.15, -0.1) is 10.2 Å². The van der Waals surface area contributed by atoms with Gasteiger partial charge >= 0.3 is 6.03 Å². The molecule has 3 amide bonds. The Bertz CT molecular complexity index is 757. The number of imide groups is 1. The lowest BCUT2D eigenvalue weighted by molar-refractivity contribution is -0.117. The minimum absolute atomic E-state index is 0.0275. The number of urea groups is 1. The van der Waals surface area contributed by atoms with E-state index in [2.05, 4.69) is 20.8 Å². The second-order valence-electron chi connectivity index (χ2n) is 5.83. The average Bonchev–Trinajstić information content (AvgIpc) is 2.95. The van der Waals surface area contributed by atoms with Gasteiger partial charge in [-0.25, -0.2) is 4.79 Å². The molecule has 0 saturated carbocycles. The monoisotopic (exact) mass is 361 g/mol. The second-order valence-corrected chi connectivity index (χ2v) is 6.77. The molecule has 134 valence electrons. The maximum atomic E-state index is 11.9. The van der Waals surface area contributed by atoms with Crippen LogP contribution in [0.2, 0.25) is 0 Å². The number of benzene rings is 1.